The number of esters is 1. The van der Waals surface area contributed by atoms with Gasteiger partial charge in [-0.1, -0.05) is 0 Å². The van der Waals surface area contributed by atoms with Crippen LogP contribution in [0.15, 0.2) is 12.3 Å². The Morgan fingerprint density at radius 3 is 3.06 bits per heavy atom. The highest BCUT2D eigenvalue weighted by Crippen LogP contribution is 2.48. The number of carbonyl (C=O) groups is 1. The minimum absolute atomic E-state index is 0.0975. The van der Waals surface area contributed by atoms with Crippen molar-refractivity contribution in [3.8, 4) is 0 Å². The second-order valence-corrected chi connectivity index (χ2v) is 4.08. The number of hydrogen-bond donors (Lipinski definition) is 0. The van der Waals surface area contributed by atoms with Crippen molar-refractivity contribution in [3.63, 3.8) is 0 Å². The zero-order valence-electron chi connectivity index (χ0n) is 9.37. The summed E-state index contributed by atoms with van der Waals surface area (Å²) in [4.78, 5) is 15.4. The van der Waals surface area contributed by atoms with Gasteiger partial charge < -0.3 is 4.74 Å². The molecule has 0 radical (unpaired) electrons. The number of rotatable bonds is 3. The molecular formula is C12H14FNO2. The summed E-state index contributed by atoms with van der Waals surface area (Å²) in [5, 5.41) is 0. The highest BCUT2D eigenvalue weighted by Gasteiger charge is 2.47. The highest BCUT2D eigenvalue weighted by atomic mass is 19.1. The van der Waals surface area contributed by atoms with Crippen molar-refractivity contribution in [2.24, 2.45) is 5.92 Å². The van der Waals surface area contributed by atoms with E-state index in [1.165, 1.54) is 6.07 Å². The number of ether oxygens (including phenoxy) is 1. The van der Waals surface area contributed by atoms with E-state index in [9.17, 15) is 9.18 Å². The van der Waals surface area contributed by atoms with Crippen LogP contribution in [0.2, 0.25) is 0 Å². The van der Waals surface area contributed by atoms with Gasteiger partial charge >= 0.3 is 5.97 Å². The molecule has 0 spiro atoms. The molecule has 1 fully saturated rings. The Bertz CT molecular complexity index is 419. The fourth-order valence-corrected chi connectivity index (χ4v) is 1.82. The van der Waals surface area contributed by atoms with Crippen LogP contribution in [0.25, 0.3) is 0 Å². The van der Waals surface area contributed by atoms with Crippen LogP contribution in [0.3, 0.4) is 0 Å². The molecule has 0 bridgehead atoms. The first-order valence-corrected chi connectivity index (χ1v) is 5.42. The topological polar surface area (TPSA) is 39.2 Å². The summed E-state index contributed by atoms with van der Waals surface area (Å²) in [5.41, 5.74) is 1.18. The predicted molar refractivity (Wildman–Crippen MR) is 56.4 cm³/mol. The Hall–Kier alpha value is -1.45. The van der Waals surface area contributed by atoms with Crippen molar-refractivity contribution >= 4 is 5.97 Å². The first-order chi connectivity index (χ1) is 7.63. The SMILES string of the molecule is CCOC(=O)C1CC1c1ncc(C)cc1F. The fourth-order valence-electron chi connectivity index (χ4n) is 1.82. The van der Waals surface area contributed by atoms with Gasteiger partial charge in [-0.15, -0.1) is 0 Å². The fraction of sp³-hybridized carbons (Fsp3) is 0.500. The van der Waals surface area contributed by atoms with Gasteiger partial charge in [-0.3, -0.25) is 9.78 Å². The Morgan fingerprint density at radius 1 is 1.69 bits per heavy atom. The third-order valence-electron chi connectivity index (χ3n) is 2.74. The summed E-state index contributed by atoms with van der Waals surface area (Å²) < 4.78 is 18.4. The van der Waals surface area contributed by atoms with E-state index in [4.69, 9.17) is 4.74 Å². The second-order valence-electron chi connectivity index (χ2n) is 4.08. The maximum atomic E-state index is 13.5. The molecule has 1 aromatic heterocycles. The normalized spacial score (nSPS) is 22.9. The van der Waals surface area contributed by atoms with Gasteiger partial charge in [-0.05, 0) is 31.9 Å². The quantitative estimate of drug-likeness (QED) is 0.737. The average Bonchev–Trinajstić information content (AvgIpc) is 2.98. The van der Waals surface area contributed by atoms with Crippen LogP contribution >= 0.6 is 0 Å². The number of aryl methyl sites for hydroxylation is 1. The molecule has 2 rings (SSSR count). The first kappa shape index (κ1) is 11.0. The molecule has 0 amide bonds. The molecule has 0 saturated heterocycles. The first-order valence-electron chi connectivity index (χ1n) is 5.42. The van der Waals surface area contributed by atoms with Gasteiger partial charge in [0.1, 0.15) is 5.82 Å². The average molecular weight is 223 g/mol. The third kappa shape index (κ3) is 2.05. The van der Waals surface area contributed by atoms with Crippen molar-refractivity contribution < 1.29 is 13.9 Å². The lowest BCUT2D eigenvalue weighted by molar-refractivity contribution is -0.144. The van der Waals surface area contributed by atoms with Gasteiger partial charge in [-0.25, -0.2) is 4.39 Å². The van der Waals surface area contributed by atoms with Crippen LogP contribution in [-0.4, -0.2) is 17.6 Å². The second kappa shape index (κ2) is 4.20. The van der Waals surface area contributed by atoms with Gasteiger partial charge in [0.05, 0.1) is 18.2 Å². The molecule has 1 saturated carbocycles. The van der Waals surface area contributed by atoms with Crippen molar-refractivity contribution in [1.82, 2.24) is 4.98 Å². The lowest BCUT2D eigenvalue weighted by Crippen LogP contribution is -2.08. The van der Waals surface area contributed by atoms with Gasteiger partial charge in [0.15, 0.2) is 0 Å². The van der Waals surface area contributed by atoms with E-state index in [-0.39, 0.29) is 23.6 Å². The van der Waals surface area contributed by atoms with Crippen LogP contribution in [-0.2, 0) is 9.53 Å². The summed E-state index contributed by atoms with van der Waals surface area (Å²) in [6.45, 7) is 3.92. The molecule has 1 heterocycles. The summed E-state index contributed by atoms with van der Waals surface area (Å²) in [6.07, 6.45) is 2.27. The van der Waals surface area contributed by atoms with E-state index in [1.807, 2.05) is 0 Å². The summed E-state index contributed by atoms with van der Waals surface area (Å²) in [6, 6.07) is 1.45. The molecule has 0 N–H and O–H groups in total. The molecule has 16 heavy (non-hydrogen) atoms. The lowest BCUT2D eigenvalue weighted by atomic mass is 10.2. The van der Waals surface area contributed by atoms with Crippen LogP contribution in [0.4, 0.5) is 4.39 Å². The Morgan fingerprint density at radius 2 is 2.44 bits per heavy atom. The van der Waals surface area contributed by atoms with Crippen LogP contribution in [0.5, 0.6) is 0 Å². The Balaban J connectivity index is 2.08. The monoisotopic (exact) mass is 223 g/mol. The molecule has 0 aliphatic heterocycles. The standard InChI is InChI=1S/C12H14FNO2/c1-3-16-12(15)9-5-8(9)11-10(13)4-7(2)6-14-11/h4,6,8-9H,3,5H2,1-2H3. The molecule has 2 unspecified atom stereocenters. The van der Waals surface area contributed by atoms with Crippen molar-refractivity contribution in [1.29, 1.82) is 0 Å². The number of hydrogen-bond acceptors (Lipinski definition) is 3. The number of nitrogens with zero attached hydrogens (tertiary/aromatic N) is 1. The Labute approximate surface area is 93.6 Å². The molecule has 1 aromatic rings. The van der Waals surface area contributed by atoms with E-state index < -0.39 is 0 Å². The van der Waals surface area contributed by atoms with Gasteiger partial charge in [0.2, 0.25) is 0 Å². The maximum absolute atomic E-state index is 13.5. The van der Waals surface area contributed by atoms with Crippen molar-refractivity contribution in [3.05, 3.63) is 29.3 Å². The molecular weight excluding hydrogens is 209 g/mol. The molecule has 2 atom stereocenters. The van der Waals surface area contributed by atoms with Crippen molar-refractivity contribution in [2.75, 3.05) is 6.61 Å². The molecule has 0 aromatic carbocycles. The Kier molecular flexibility index (Phi) is 2.90. The van der Waals surface area contributed by atoms with E-state index in [2.05, 4.69) is 4.98 Å². The van der Waals surface area contributed by atoms with Crippen molar-refractivity contribution in [2.45, 2.75) is 26.2 Å². The molecule has 86 valence electrons. The molecule has 1 aliphatic rings. The van der Waals surface area contributed by atoms with Gasteiger partial charge in [0, 0.05) is 12.1 Å². The number of carbonyl (C=O) groups excluding carboxylic acids is 1. The number of aromatic nitrogens is 1. The van der Waals surface area contributed by atoms with Gasteiger partial charge in [0.25, 0.3) is 0 Å². The summed E-state index contributed by atoms with van der Waals surface area (Å²) in [5.74, 6) is -0.865. The minimum atomic E-state index is -0.322. The zero-order chi connectivity index (χ0) is 11.7. The van der Waals surface area contributed by atoms with E-state index in [1.54, 1.807) is 20.0 Å². The molecule has 4 heteroatoms. The highest BCUT2D eigenvalue weighted by molar-refractivity contribution is 5.77. The lowest BCUT2D eigenvalue weighted by Gasteiger charge is -2.02. The van der Waals surface area contributed by atoms with Crippen LogP contribution in [0.1, 0.15) is 30.5 Å². The molecule has 1 aliphatic carbocycles. The summed E-state index contributed by atoms with van der Waals surface area (Å²) in [7, 11) is 0. The molecule has 3 nitrogen and oxygen atoms in total. The maximum Gasteiger partial charge on any atom is 0.309 e. The zero-order valence-corrected chi connectivity index (χ0v) is 9.37. The smallest absolute Gasteiger partial charge is 0.309 e. The third-order valence-corrected chi connectivity index (χ3v) is 2.74. The van der Waals surface area contributed by atoms with E-state index >= 15 is 0 Å². The van der Waals surface area contributed by atoms with Crippen LogP contribution in [0, 0.1) is 18.7 Å². The predicted octanol–water partition coefficient (Wildman–Crippen LogP) is 2.20. The number of halogens is 1. The number of pyridine rings is 1. The van der Waals surface area contributed by atoms with E-state index in [0.29, 0.717) is 18.7 Å². The minimum Gasteiger partial charge on any atom is -0.466 e. The van der Waals surface area contributed by atoms with Crippen LogP contribution < -0.4 is 0 Å². The van der Waals surface area contributed by atoms with Gasteiger partial charge in [-0.2, -0.15) is 0 Å². The summed E-state index contributed by atoms with van der Waals surface area (Å²) >= 11 is 0. The van der Waals surface area contributed by atoms with E-state index in [0.717, 1.165) is 5.56 Å². The largest absolute Gasteiger partial charge is 0.466 e.